The Morgan fingerprint density at radius 3 is 2.35 bits per heavy atom. The van der Waals surface area contributed by atoms with E-state index in [-0.39, 0.29) is 16.5 Å². The molecule has 37 heavy (non-hydrogen) atoms. The van der Waals surface area contributed by atoms with Crippen LogP contribution in [0.2, 0.25) is 0 Å². The molecule has 1 unspecified atom stereocenters. The Bertz CT molecular complexity index is 1510. The van der Waals surface area contributed by atoms with E-state index in [9.17, 15) is 19.1 Å². The van der Waals surface area contributed by atoms with Crippen molar-refractivity contribution in [2.24, 2.45) is 0 Å². The molecule has 1 atom stereocenters. The number of aromatic nitrogens is 2. The first-order chi connectivity index (χ1) is 17.8. The molecule has 0 bridgehead atoms. The first-order valence-electron chi connectivity index (χ1n) is 11.5. The van der Waals surface area contributed by atoms with Gasteiger partial charge in [-0.1, -0.05) is 47.7 Å². The maximum atomic E-state index is 13.7. The zero-order chi connectivity index (χ0) is 26.1. The van der Waals surface area contributed by atoms with Gasteiger partial charge in [-0.05, 0) is 66.9 Å². The molecule has 1 saturated heterocycles. The average Bonchev–Trinajstić information content (AvgIpc) is 3.44. The fraction of sp³-hybridized carbons (Fsp3) is 0.143. The summed E-state index contributed by atoms with van der Waals surface area (Å²) in [5, 5.41) is 20.0. The van der Waals surface area contributed by atoms with Gasteiger partial charge in [-0.15, -0.1) is 10.2 Å². The normalized spacial score (nSPS) is 16.8. The second kappa shape index (κ2) is 9.94. The zero-order valence-corrected chi connectivity index (χ0v) is 20.8. The summed E-state index contributed by atoms with van der Waals surface area (Å²) in [7, 11) is 0. The van der Waals surface area contributed by atoms with Gasteiger partial charge in [0.1, 0.15) is 28.9 Å². The molecule has 9 heteroatoms. The van der Waals surface area contributed by atoms with Crippen LogP contribution in [0, 0.1) is 19.7 Å². The molecule has 1 amide bonds. The summed E-state index contributed by atoms with van der Waals surface area (Å²) >= 11 is 1.14. The second-order valence-electron chi connectivity index (χ2n) is 8.56. The number of ether oxygens (including phenoxy) is 1. The minimum atomic E-state index is -0.995. The third-order valence-corrected chi connectivity index (χ3v) is 6.97. The molecule has 1 fully saturated rings. The van der Waals surface area contributed by atoms with Gasteiger partial charge in [-0.2, -0.15) is 0 Å². The smallest absolute Gasteiger partial charge is 0.301 e. The Morgan fingerprint density at radius 2 is 1.70 bits per heavy atom. The number of carbonyl (C=O) groups is 2. The number of aryl methyl sites for hydroxylation is 2. The van der Waals surface area contributed by atoms with Crippen molar-refractivity contribution in [3.8, 4) is 5.75 Å². The number of nitrogens with zero attached hydrogens (tertiary/aromatic N) is 3. The van der Waals surface area contributed by atoms with Crippen molar-refractivity contribution in [1.82, 2.24) is 10.2 Å². The van der Waals surface area contributed by atoms with Gasteiger partial charge in [0.2, 0.25) is 5.13 Å². The Morgan fingerprint density at radius 1 is 1.00 bits per heavy atom. The molecule has 4 aromatic rings. The van der Waals surface area contributed by atoms with E-state index < -0.39 is 23.5 Å². The number of rotatable bonds is 6. The van der Waals surface area contributed by atoms with Gasteiger partial charge in [0.05, 0.1) is 11.6 Å². The molecule has 1 aromatic heterocycles. The van der Waals surface area contributed by atoms with Gasteiger partial charge in [0.15, 0.2) is 0 Å². The van der Waals surface area contributed by atoms with E-state index >= 15 is 0 Å². The van der Waals surface area contributed by atoms with Crippen LogP contribution in [0.25, 0.3) is 5.76 Å². The zero-order valence-electron chi connectivity index (χ0n) is 20.0. The van der Waals surface area contributed by atoms with Gasteiger partial charge in [-0.25, -0.2) is 4.39 Å². The van der Waals surface area contributed by atoms with Crippen molar-refractivity contribution >= 4 is 33.9 Å². The van der Waals surface area contributed by atoms with E-state index in [0.29, 0.717) is 28.5 Å². The van der Waals surface area contributed by atoms with Crippen molar-refractivity contribution in [3.63, 3.8) is 0 Å². The van der Waals surface area contributed by atoms with Crippen molar-refractivity contribution < 1.29 is 23.8 Å². The number of amides is 1. The minimum Gasteiger partial charge on any atom is -0.507 e. The summed E-state index contributed by atoms with van der Waals surface area (Å²) in [4.78, 5) is 27.5. The molecule has 5 rings (SSSR count). The molecule has 3 aromatic carbocycles. The van der Waals surface area contributed by atoms with E-state index in [2.05, 4.69) is 10.2 Å². The molecule has 1 aliphatic rings. The first kappa shape index (κ1) is 24.3. The van der Waals surface area contributed by atoms with Crippen LogP contribution in [-0.2, 0) is 16.2 Å². The number of Topliss-reactive ketones (excluding diaryl/α,β-unsaturated/α-hetero) is 1. The maximum absolute atomic E-state index is 13.7. The van der Waals surface area contributed by atoms with Crippen LogP contribution in [0.4, 0.5) is 9.52 Å². The summed E-state index contributed by atoms with van der Waals surface area (Å²) in [6, 6.07) is 18.9. The molecular weight excluding hydrogens is 493 g/mol. The van der Waals surface area contributed by atoms with E-state index in [4.69, 9.17) is 4.74 Å². The van der Waals surface area contributed by atoms with Crippen LogP contribution in [0.1, 0.15) is 33.3 Å². The van der Waals surface area contributed by atoms with E-state index in [1.807, 2.05) is 31.2 Å². The Hall–Kier alpha value is -4.37. The SMILES string of the molecule is Cc1nnc(N2C(=O)C(=O)C(=C(O)c3ccc(OCc4ccccc4C)cc3)C2c2ccc(F)cc2)s1. The van der Waals surface area contributed by atoms with Crippen LogP contribution in [-0.4, -0.2) is 27.0 Å². The second-order valence-corrected chi connectivity index (χ2v) is 9.72. The topological polar surface area (TPSA) is 92.6 Å². The highest BCUT2D eigenvalue weighted by molar-refractivity contribution is 7.15. The van der Waals surface area contributed by atoms with Crippen LogP contribution in [0.5, 0.6) is 5.75 Å². The number of hydrogen-bond acceptors (Lipinski definition) is 7. The number of benzene rings is 3. The summed E-state index contributed by atoms with van der Waals surface area (Å²) in [5.74, 6) is -1.93. The summed E-state index contributed by atoms with van der Waals surface area (Å²) in [5.41, 5.74) is 2.85. The van der Waals surface area contributed by atoms with Crippen LogP contribution < -0.4 is 9.64 Å². The van der Waals surface area contributed by atoms with E-state index in [1.165, 1.54) is 29.2 Å². The van der Waals surface area contributed by atoms with Crippen LogP contribution >= 0.6 is 11.3 Å². The Kier molecular flexibility index (Phi) is 6.54. The van der Waals surface area contributed by atoms with Crippen molar-refractivity contribution in [3.05, 3.63) is 111 Å². The van der Waals surface area contributed by atoms with Crippen molar-refractivity contribution in [2.75, 3.05) is 4.90 Å². The Labute approximate surface area is 216 Å². The summed E-state index contributed by atoms with van der Waals surface area (Å²) < 4.78 is 19.5. The number of aliphatic hydroxyl groups is 1. The number of ketones is 1. The third kappa shape index (κ3) is 4.73. The fourth-order valence-electron chi connectivity index (χ4n) is 4.17. The first-order valence-corrected chi connectivity index (χ1v) is 12.3. The van der Waals surface area contributed by atoms with E-state index in [1.54, 1.807) is 31.2 Å². The van der Waals surface area contributed by atoms with Gasteiger partial charge >= 0.3 is 5.91 Å². The predicted molar refractivity (Wildman–Crippen MR) is 138 cm³/mol. The molecule has 1 N–H and O–H groups in total. The molecule has 0 radical (unpaired) electrons. The molecule has 0 spiro atoms. The number of hydrogen-bond donors (Lipinski definition) is 1. The highest BCUT2D eigenvalue weighted by Gasteiger charge is 2.48. The van der Waals surface area contributed by atoms with Gasteiger partial charge in [0.25, 0.3) is 5.78 Å². The molecule has 0 saturated carbocycles. The lowest BCUT2D eigenvalue weighted by atomic mass is 9.95. The summed E-state index contributed by atoms with van der Waals surface area (Å²) in [6.45, 7) is 4.12. The third-order valence-electron chi connectivity index (χ3n) is 6.13. The lowest BCUT2D eigenvalue weighted by Crippen LogP contribution is -2.29. The molecule has 1 aliphatic heterocycles. The average molecular weight is 516 g/mol. The number of anilines is 1. The number of carbonyl (C=O) groups excluding carboxylic acids is 2. The van der Waals surface area contributed by atoms with Gasteiger partial charge in [-0.3, -0.25) is 14.5 Å². The Balaban J connectivity index is 1.50. The number of aliphatic hydroxyl groups excluding tert-OH is 1. The van der Waals surface area contributed by atoms with Crippen molar-refractivity contribution in [2.45, 2.75) is 26.5 Å². The number of halogens is 1. The molecule has 0 aliphatic carbocycles. The highest BCUT2D eigenvalue weighted by atomic mass is 32.1. The summed E-state index contributed by atoms with van der Waals surface area (Å²) in [6.07, 6.45) is 0. The highest BCUT2D eigenvalue weighted by Crippen LogP contribution is 2.43. The van der Waals surface area contributed by atoms with Gasteiger partial charge < -0.3 is 9.84 Å². The van der Waals surface area contributed by atoms with Crippen LogP contribution in [0.15, 0.2) is 78.4 Å². The molecule has 7 nitrogen and oxygen atoms in total. The lowest BCUT2D eigenvalue weighted by Gasteiger charge is -2.22. The quantitative estimate of drug-likeness (QED) is 0.207. The predicted octanol–water partition coefficient (Wildman–Crippen LogP) is 5.50. The molecule has 186 valence electrons. The lowest BCUT2D eigenvalue weighted by molar-refractivity contribution is -0.132. The largest absolute Gasteiger partial charge is 0.507 e. The van der Waals surface area contributed by atoms with Gasteiger partial charge in [0, 0.05) is 5.56 Å². The fourth-order valence-corrected chi connectivity index (χ4v) is 4.89. The monoisotopic (exact) mass is 515 g/mol. The van der Waals surface area contributed by atoms with Crippen LogP contribution in [0.3, 0.4) is 0 Å². The van der Waals surface area contributed by atoms with E-state index in [0.717, 1.165) is 22.5 Å². The minimum absolute atomic E-state index is 0.113. The standard InChI is InChI=1S/C28H22FN3O4S/c1-16-5-3-4-6-20(16)15-36-22-13-9-19(10-14-22)25(33)23-24(18-7-11-21(29)12-8-18)32(27(35)26(23)34)28-31-30-17(2)37-28/h3-14,24,33H,15H2,1-2H3. The molecule has 2 heterocycles. The molecular formula is C28H22FN3O4S. The van der Waals surface area contributed by atoms with Crippen molar-refractivity contribution in [1.29, 1.82) is 0 Å². The maximum Gasteiger partial charge on any atom is 0.301 e.